The molecule has 6 atom stereocenters. The van der Waals surface area contributed by atoms with Crippen LogP contribution in [-0.4, -0.2) is 86.4 Å². The topological polar surface area (TPSA) is 206 Å². The molecular weight excluding hydrogens is 514 g/mol. The van der Waals surface area contributed by atoms with E-state index in [0.717, 1.165) is 0 Å². The quantitative estimate of drug-likeness (QED) is 0.179. The summed E-state index contributed by atoms with van der Waals surface area (Å²) in [4.78, 5) is 38.5. The van der Waals surface area contributed by atoms with Gasteiger partial charge in [0.25, 0.3) is 0 Å². The van der Waals surface area contributed by atoms with Crippen molar-refractivity contribution < 1.29 is 54.1 Å². The lowest BCUT2D eigenvalue weighted by atomic mass is 9.75. The Morgan fingerprint density at radius 2 is 1.74 bits per heavy atom. The molecule has 2 aromatic rings. The van der Waals surface area contributed by atoms with Crippen LogP contribution in [0.4, 0.5) is 0 Å². The molecule has 1 saturated heterocycles. The summed E-state index contributed by atoms with van der Waals surface area (Å²) in [7, 11) is 0. The van der Waals surface area contributed by atoms with Crippen molar-refractivity contribution in [3.8, 4) is 11.5 Å². The minimum absolute atomic E-state index is 0.0438. The van der Waals surface area contributed by atoms with Crippen LogP contribution in [0.25, 0.3) is 0 Å². The average molecular weight is 544 g/mol. The first-order valence-corrected chi connectivity index (χ1v) is 12.5. The third kappa shape index (κ3) is 4.63. The standard InChI is InChI=1S/C27H29NO11/c1-11-22(31)16(28)6-18(38-11)39-17-8-27(36,37-10-12(30)9-29)7-15-19(17)26(35)21-20(25(15)34)23(32)13-4-2-3-5-14(13)24(21)33/h2-5,11,16-18,22,29,31,34-36H,6-10,28H2,1H3. The fraction of sp³-hybridized carbons (Fsp3) is 0.444. The van der Waals surface area contributed by atoms with Gasteiger partial charge in [0.15, 0.2) is 29.4 Å². The predicted molar refractivity (Wildman–Crippen MR) is 131 cm³/mol. The van der Waals surface area contributed by atoms with Gasteiger partial charge < -0.3 is 45.5 Å². The lowest BCUT2D eigenvalue weighted by Crippen LogP contribution is -2.52. The van der Waals surface area contributed by atoms with Crippen molar-refractivity contribution in [2.75, 3.05) is 13.2 Å². The van der Waals surface area contributed by atoms with E-state index in [1.807, 2.05) is 0 Å². The second kappa shape index (κ2) is 10.1. The van der Waals surface area contributed by atoms with Crippen LogP contribution in [0, 0.1) is 0 Å². The van der Waals surface area contributed by atoms with E-state index in [0.29, 0.717) is 0 Å². The highest BCUT2D eigenvalue weighted by atomic mass is 16.7. The number of ether oxygens (including phenoxy) is 3. The van der Waals surface area contributed by atoms with Gasteiger partial charge in [-0.3, -0.25) is 14.4 Å². The number of carbonyl (C=O) groups is 3. The van der Waals surface area contributed by atoms with E-state index in [1.165, 1.54) is 12.1 Å². The molecule has 3 aliphatic rings. The number of aromatic hydroxyl groups is 2. The number of aliphatic hydroxyl groups excluding tert-OH is 2. The first kappa shape index (κ1) is 27.3. The fourth-order valence-electron chi connectivity index (χ4n) is 5.49. The highest BCUT2D eigenvalue weighted by Gasteiger charge is 2.48. The largest absolute Gasteiger partial charge is 0.507 e. The molecular formula is C27H29NO11. The zero-order valence-corrected chi connectivity index (χ0v) is 21.0. The summed E-state index contributed by atoms with van der Waals surface area (Å²) in [5.41, 5.74) is 5.14. The molecule has 7 N–H and O–H groups in total. The Hall–Kier alpha value is -3.23. The summed E-state index contributed by atoms with van der Waals surface area (Å²) in [5.74, 6) is -5.46. The first-order chi connectivity index (χ1) is 18.5. The number of aliphatic hydroxyl groups is 3. The van der Waals surface area contributed by atoms with Crippen molar-refractivity contribution in [2.45, 2.75) is 62.6 Å². The Balaban J connectivity index is 1.62. The van der Waals surface area contributed by atoms with Crippen molar-refractivity contribution in [3.63, 3.8) is 0 Å². The third-order valence-corrected chi connectivity index (χ3v) is 7.48. The zero-order chi connectivity index (χ0) is 28.2. The van der Waals surface area contributed by atoms with E-state index in [9.17, 15) is 34.8 Å². The predicted octanol–water partition coefficient (Wildman–Crippen LogP) is -0.0332. The van der Waals surface area contributed by atoms with Gasteiger partial charge in [0.05, 0.1) is 29.4 Å². The molecule has 208 valence electrons. The number of hydrogen-bond donors (Lipinski definition) is 6. The Morgan fingerprint density at radius 1 is 1.13 bits per heavy atom. The maximum Gasteiger partial charge on any atom is 0.198 e. The minimum atomic E-state index is -2.14. The summed E-state index contributed by atoms with van der Waals surface area (Å²) < 4.78 is 17.2. The molecule has 6 unspecified atom stereocenters. The Labute approximate surface area is 222 Å². The third-order valence-electron chi connectivity index (χ3n) is 7.48. The zero-order valence-electron chi connectivity index (χ0n) is 21.0. The summed E-state index contributed by atoms with van der Waals surface area (Å²) in [6.07, 6.45) is -4.76. The number of rotatable bonds is 6. The van der Waals surface area contributed by atoms with Gasteiger partial charge in [-0.1, -0.05) is 24.3 Å². The molecule has 2 aliphatic carbocycles. The van der Waals surface area contributed by atoms with E-state index in [2.05, 4.69) is 0 Å². The van der Waals surface area contributed by atoms with Crippen molar-refractivity contribution in [2.24, 2.45) is 5.73 Å². The molecule has 0 saturated carbocycles. The Morgan fingerprint density at radius 3 is 2.33 bits per heavy atom. The van der Waals surface area contributed by atoms with Gasteiger partial charge in [-0.2, -0.15) is 0 Å². The molecule has 1 heterocycles. The fourth-order valence-corrected chi connectivity index (χ4v) is 5.49. The Kier molecular flexibility index (Phi) is 7.06. The van der Waals surface area contributed by atoms with Crippen molar-refractivity contribution in [1.82, 2.24) is 0 Å². The number of ketones is 3. The SMILES string of the molecule is CC1OC(OC2CC(O)(OCC(=O)CO)Cc3c(O)c4c(c(O)c32)C(=O)c2ccccc2C4=O)CC(N)C1O. The number of phenolic OH excluding ortho intramolecular Hbond substituents is 2. The number of hydrogen-bond acceptors (Lipinski definition) is 12. The second-order valence-corrected chi connectivity index (χ2v) is 10.1. The molecule has 1 fully saturated rings. The summed E-state index contributed by atoms with van der Waals surface area (Å²) in [6, 6.07) is 5.30. The molecule has 1 aliphatic heterocycles. The van der Waals surface area contributed by atoms with Crippen LogP contribution in [0.1, 0.15) is 68.8 Å². The number of Topliss-reactive ketones (excluding diaryl/α,β-unsaturated/α-hetero) is 1. The molecule has 0 bridgehead atoms. The number of nitrogens with two attached hydrogens (primary N) is 1. The Bertz CT molecular complexity index is 1350. The summed E-state index contributed by atoms with van der Waals surface area (Å²) in [5, 5.41) is 53.3. The lowest BCUT2D eigenvalue weighted by Gasteiger charge is -2.42. The number of fused-ring (bicyclic) bond motifs is 3. The van der Waals surface area contributed by atoms with Gasteiger partial charge in [0, 0.05) is 47.6 Å². The molecule has 2 aromatic carbocycles. The van der Waals surface area contributed by atoms with E-state index in [-0.39, 0.29) is 35.1 Å². The van der Waals surface area contributed by atoms with Crippen molar-refractivity contribution >= 4 is 17.3 Å². The number of benzene rings is 2. The van der Waals surface area contributed by atoms with Gasteiger partial charge in [-0.05, 0) is 6.92 Å². The van der Waals surface area contributed by atoms with Crippen LogP contribution in [0.3, 0.4) is 0 Å². The molecule has 0 amide bonds. The van der Waals surface area contributed by atoms with E-state index in [4.69, 9.17) is 25.1 Å². The first-order valence-electron chi connectivity index (χ1n) is 12.5. The average Bonchev–Trinajstić information content (AvgIpc) is 2.90. The summed E-state index contributed by atoms with van der Waals surface area (Å²) >= 11 is 0. The minimum Gasteiger partial charge on any atom is -0.507 e. The lowest BCUT2D eigenvalue weighted by molar-refractivity contribution is -0.271. The maximum atomic E-state index is 13.4. The molecule has 0 radical (unpaired) electrons. The van der Waals surface area contributed by atoms with E-state index < -0.39 is 96.0 Å². The number of phenols is 2. The van der Waals surface area contributed by atoms with Crippen LogP contribution < -0.4 is 5.73 Å². The van der Waals surface area contributed by atoms with Gasteiger partial charge in [0.1, 0.15) is 24.7 Å². The van der Waals surface area contributed by atoms with Gasteiger partial charge >= 0.3 is 0 Å². The highest BCUT2D eigenvalue weighted by Crippen LogP contribution is 2.52. The van der Waals surface area contributed by atoms with Crippen LogP contribution in [0.2, 0.25) is 0 Å². The molecule has 12 nitrogen and oxygen atoms in total. The normalized spacial score (nSPS) is 29.9. The number of carbonyl (C=O) groups excluding carboxylic acids is 3. The van der Waals surface area contributed by atoms with Crippen LogP contribution in [-0.2, 0) is 25.4 Å². The highest BCUT2D eigenvalue weighted by molar-refractivity contribution is 6.30. The smallest absolute Gasteiger partial charge is 0.198 e. The van der Waals surface area contributed by atoms with Crippen molar-refractivity contribution in [1.29, 1.82) is 0 Å². The summed E-state index contributed by atoms with van der Waals surface area (Å²) in [6.45, 7) is 0.109. The molecule has 5 rings (SSSR count). The van der Waals surface area contributed by atoms with Crippen LogP contribution in [0.5, 0.6) is 11.5 Å². The van der Waals surface area contributed by atoms with Crippen molar-refractivity contribution in [3.05, 3.63) is 57.6 Å². The molecule has 39 heavy (non-hydrogen) atoms. The molecule has 0 spiro atoms. The van der Waals surface area contributed by atoms with Gasteiger partial charge in [-0.15, -0.1) is 0 Å². The maximum absolute atomic E-state index is 13.4. The van der Waals surface area contributed by atoms with Crippen LogP contribution >= 0.6 is 0 Å². The van der Waals surface area contributed by atoms with Gasteiger partial charge in [0.2, 0.25) is 0 Å². The van der Waals surface area contributed by atoms with E-state index in [1.54, 1.807) is 19.1 Å². The monoisotopic (exact) mass is 543 g/mol. The molecule has 12 heteroatoms. The van der Waals surface area contributed by atoms with Gasteiger partial charge in [-0.25, -0.2) is 0 Å². The van der Waals surface area contributed by atoms with Crippen LogP contribution in [0.15, 0.2) is 24.3 Å². The van der Waals surface area contributed by atoms with E-state index >= 15 is 0 Å². The second-order valence-electron chi connectivity index (χ2n) is 10.1. The molecule has 0 aromatic heterocycles.